The third kappa shape index (κ3) is 4.13. The van der Waals surface area contributed by atoms with E-state index in [0.29, 0.717) is 18.7 Å². The van der Waals surface area contributed by atoms with Crippen molar-refractivity contribution in [2.75, 3.05) is 29.9 Å². The van der Waals surface area contributed by atoms with E-state index in [4.69, 9.17) is 5.73 Å². The minimum atomic E-state index is -0.168. The monoisotopic (exact) mass is 344 g/mol. The van der Waals surface area contributed by atoms with Crippen LogP contribution in [0, 0.1) is 5.92 Å². The Labute approximate surface area is 146 Å². The highest BCUT2D eigenvalue weighted by Gasteiger charge is 2.17. The Hall–Kier alpha value is -1.92. The van der Waals surface area contributed by atoms with Gasteiger partial charge in [-0.3, -0.25) is 4.79 Å². The van der Waals surface area contributed by atoms with Gasteiger partial charge in [0.15, 0.2) is 0 Å². The first-order valence-corrected chi connectivity index (χ1v) is 9.34. The highest BCUT2D eigenvalue weighted by atomic mass is 32.1. The first-order chi connectivity index (χ1) is 11.7. The van der Waals surface area contributed by atoms with Crippen LogP contribution in [0.25, 0.3) is 0 Å². The lowest BCUT2D eigenvalue weighted by Crippen LogP contribution is -2.32. The van der Waals surface area contributed by atoms with Gasteiger partial charge >= 0.3 is 0 Å². The lowest BCUT2D eigenvalue weighted by Gasteiger charge is -2.32. The number of carbonyl (C=O) groups is 1. The van der Waals surface area contributed by atoms with Crippen LogP contribution in [-0.2, 0) is 6.42 Å². The molecule has 0 saturated carbocycles. The van der Waals surface area contributed by atoms with Gasteiger partial charge in [0.25, 0.3) is 5.91 Å². The number of carbonyl (C=O) groups excluding carboxylic acids is 1. The van der Waals surface area contributed by atoms with Crippen LogP contribution >= 0.6 is 11.3 Å². The number of aromatic nitrogens is 1. The fourth-order valence-electron chi connectivity index (χ4n) is 2.90. The molecule has 128 valence electrons. The lowest BCUT2D eigenvalue weighted by atomic mass is 9.99. The Balaban J connectivity index is 1.66. The summed E-state index contributed by atoms with van der Waals surface area (Å²) in [4.78, 5) is 19.1. The molecule has 2 heterocycles. The van der Waals surface area contributed by atoms with Gasteiger partial charge in [-0.2, -0.15) is 0 Å². The molecule has 3 N–H and O–H groups in total. The van der Waals surface area contributed by atoms with Crippen molar-refractivity contribution in [3.05, 3.63) is 40.3 Å². The first-order valence-electron chi connectivity index (χ1n) is 8.46. The quantitative estimate of drug-likeness (QED) is 0.874. The van der Waals surface area contributed by atoms with Gasteiger partial charge in [-0.05, 0) is 43.5 Å². The molecule has 0 aliphatic carbocycles. The van der Waals surface area contributed by atoms with E-state index in [1.807, 2.05) is 18.2 Å². The van der Waals surface area contributed by atoms with Crippen LogP contribution in [0.15, 0.2) is 29.6 Å². The number of nitrogens with zero attached hydrogens (tertiary/aromatic N) is 2. The zero-order valence-electron chi connectivity index (χ0n) is 14.0. The second kappa shape index (κ2) is 7.77. The number of rotatable bonds is 5. The molecule has 0 unspecified atom stereocenters. The highest BCUT2D eigenvalue weighted by molar-refractivity contribution is 7.09. The van der Waals surface area contributed by atoms with Crippen LogP contribution in [0.3, 0.4) is 0 Å². The molecule has 1 amide bonds. The van der Waals surface area contributed by atoms with E-state index < -0.39 is 0 Å². The van der Waals surface area contributed by atoms with E-state index in [0.717, 1.165) is 29.7 Å². The van der Waals surface area contributed by atoms with Crippen LogP contribution in [0.1, 0.15) is 35.3 Å². The minimum Gasteiger partial charge on any atom is -0.371 e. The average Bonchev–Trinajstić information content (AvgIpc) is 3.05. The van der Waals surface area contributed by atoms with E-state index in [1.54, 1.807) is 5.38 Å². The van der Waals surface area contributed by atoms with Gasteiger partial charge in [-0.15, -0.1) is 11.3 Å². The molecule has 0 bridgehead atoms. The number of benzene rings is 1. The zero-order valence-corrected chi connectivity index (χ0v) is 14.8. The van der Waals surface area contributed by atoms with Crippen molar-refractivity contribution in [2.24, 2.45) is 11.7 Å². The minimum absolute atomic E-state index is 0.168. The highest BCUT2D eigenvalue weighted by Crippen LogP contribution is 2.25. The van der Waals surface area contributed by atoms with Gasteiger partial charge in [0.05, 0.1) is 5.01 Å². The van der Waals surface area contributed by atoms with Crippen molar-refractivity contribution in [1.29, 1.82) is 0 Å². The van der Waals surface area contributed by atoms with Gasteiger partial charge in [-0.1, -0.05) is 13.0 Å². The predicted molar refractivity (Wildman–Crippen MR) is 99.9 cm³/mol. The molecule has 0 spiro atoms. The molecule has 1 saturated heterocycles. The number of hydrogen-bond acceptors (Lipinski definition) is 5. The van der Waals surface area contributed by atoms with Crippen molar-refractivity contribution in [1.82, 2.24) is 4.98 Å². The summed E-state index contributed by atoms with van der Waals surface area (Å²) < 4.78 is 0. The summed E-state index contributed by atoms with van der Waals surface area (Å²) in [5.74, 6) is 0.635. The molecule has 5 nitrogen and oxygen atoms in total. The fourth-order valence-corrected chi connectivity index (χ4v) is 3.69. The number of piperidine rings is 1. The van der Waals surface area contributed by atoms with Gasteiger partial charge in [0, 0.05) is 36.3 Å². The standard InChI is InChI=1S/C18H24N4OS/c1-13-6-9-22(10-7-13)15-4-2-3-14(11-15)20-18(23)16-12-24-17(21-16)5-8-19/h2-4,11-13H,5-10,19H2,1H3,(H,20,23). The van der Waals surface area contributed by atoms with E-state index in [9.17, 15) is 4.79 Å². The van der Waals surface area contributed by atoms with Gasteiger partial charge < -0.3 is 16.0 Å². The third-order valence-electron chi connectivity index (χ3n) is 4.40. The number of nitrogens with one attached hydrogen (secondary N) is 1. The van der Waals surface area contributed by atoms with Crippen molar-refractivity contribution in [2.45, 2.75) is 26.2 Å². The zero-order chi connectivity index (χ0) is 16.9. The van der Waals surface area contributed by atoms with Crippen molar-refractivity contribution in [3.63, 3.8) is 0 Å². The van der Waals surface area contributed by atoms with Crippen molar-refractivity contribution >= 4 is 28.6 Å². The van der Waals surface area contributed by atoms with Crippen LogP contribution in [0.4, 0.5) is 11.4 Å². The molecule has 2 aromatic rings. The number of hydrogen-bond donors (Lipinski definition) is 2. The number of anilines is 2. The molecule has 0 radical (unpaired) electrons. The van der Waals surface area contributed by atoms with Gasteiger partial charge in [0.2, 0.25) is 0 Å². The second-order valence-electron chi connectivity index (χ2n) is 6.34. The summed E-state index contributed by atoms with van der Waals surface area (Å²) in [6, 6.07) is 8.06. The van der Waals surface area contributed by atoms with E-state index >= 15 is 0 Å². The van der Waals surface area contributed by atoms with Crippen LogP contribution in [0.2, 0.25) is 0 Å². The molecule has 0 atom stereocenters. The maximum atomic E-state index is 12.4. The fraction of sp³-hybridized carbons (Fsp3) is 0.444. The molecule has 1 aliphatic rings. The predicted octanol–water partition coefficient (Wildman–Crippen LogP) is 3.13. The molecule has 1 aromatic heterocycles. The lowest BCUT2D eigenvalue weighted by molar-refractivity contribution is 0.102. The molecule has 6 heteroatoms. The van der Waals surface area contributed by atoms with Crippen LogP contribution in [0.5, 0.6) is 0 Å². The van der Waals surface area contributed by atoms with E-state index in [1.165, 1.54) is 29.9 Å². The molecule has 1 fully saturated rings. The maximum Gasteiger partial charge on any atom is 0.275 e. The summed E-state index contributed by atoms with van der Waals surface area (Å²) in [5.41, 5.74) is 7.96. The van der Waals surface area contributed by atoms with E-state index in [2.05, 4.69) is 28.2 Å². The third-order valence-corrected chi connectivity index (χ3v) is 5.30. The first kappa shape index (κ1) is 16.9. The second-order valence-corrected chi connectivity index (χ2v) is 7.28. The van der Waals surface area contributed by atoms with Gasteiger partial charge in [-0.25, -0.2) is 4.98 Å². The van der Waals surface area contributed by atoms with E-state index in [-0.39, 0.29) is 5.91 Å². The number of thiazole rings is 1. The van der Waals surface area contributed by atoms with Crippen molar-refractivity contribution in [3.8, 4) is 0 Å². The normalized spacial score (nSPS) is 15.5. The summed E-state index contributed by atoms with van der Waals surface area (Å²) in [5, 5.41) is 5.64. The number of nitrogens with two attached hydrogens (primary N) is 1. The molecular weight excluding hydrogens is 320 g/mol. The average molecular weight is 344 g/mol. The Morgan fingerprint density at radius 3 is 2.96 bits per heavy atom. The Morgan fingerprint density at radius 2 is 2.21 bits per heavy atom. The van der Waals surface area contributed by atoms with Gasteiger partial charge in [0.1, 0.15) is 5.69 Å². The SMILES string of the molecule is CC1CCN(c2cccc(NC(=O)c3csc(CCN)n3)c2)CC1. The Morgan fingerprint density at radius 1 is 1.42 bits per heavy atom. The Kier molecular flexibility index (Phi) is 5.48. The summed E-state index contributed by atoms with van der Waals surface area (Å²) >= 11 is 1.48. The topological polar surface area (TPSA) is 71.2 Å². The smallest absolute Gasteiger partial charge is 0.275 e. The molecule has 1 aromatic carbocycles. The van der Waals surface area contributed by atoms with Crippen molar-refractivity contribution < 1.29 is 4.79 Å². The molecule has 1 aliphatic heterocycles. The molecule has 24 heavy (non-hydrogen) atoms. The summed E-state index contributed by atoms with van der Waals surface area (Å²) in [6.07, 6.45) is 3.15. The number of amides is 1. The summed E-state index contributed by atoms with van der Waals surface area (Å²) in [6.45, 7) is 5.01. The van der Waals surface area contributed by atoms with Crippen LogP contribution < -0.4 is 16.0 Å². The maximum absolute atomic E-state index is 12.4. The van der Waals surface area contributed by atoms with Crippen LogP contribution in [-0.4, -0.2) is 30.5 Å². The largest absolute Gasteiger partial charge is 0.371 e. The molecule has 3 rings (SSSR count). The molecular formula is C18H24N4OS. The Bertz CT molecular complexity index is 692. The summed E-state index contributed by atoms with van der Waals surface area (Å²) in [7, 11) is 0.